The molecular formula is C20H23NO3S. The first kappa shape index (κ1) is 19.1. The summed E-state index contributed by atoms with van der Waals surface area (Å²) in [5, 5.41) is 9.65. The van der Waals surface area contributed by atoms with Gasteiger partial charge < -0.3 is 0 Å². The van der Waals surface area contributed by atoms with Crippen LogP contribution in [0.25, 0.3) is 6.08 Å². The summed E-state index contributed by atoms with van der Waals surface area (Å²) < 4.78 is 11.9. The second kappa shape index (κ2) is 9.30. The van der Waals surface area contributed by atoms with Crippen LogP contribution >= 0.6 is 0 Å². The molecule has 0 aliphatic carbocycles. The molecule has 1 unspecified atom stereocenters. The third-order valence-corrected chi connectivity index (χ3v) is 4.87. The molecule has 2 aromatic carbocycles. The van der Waals surface area contributed by atoms with E-state index in [2.05, 4.69) is 12.1 Å². The van der Waals surface area contributed by atoms with Gasteiger partial charge in [-0.05, 0) is 48.1 Å². The van der Waals surface area contributed by atoms with Gasteiger partial charge in [0.25, 0.3) is 5.91 Å². The number of amides is 1. The van der Waals surface area contributed by atoms with Crippen molar-refractivity contribution in [3.63, 3.8) is 0 Å². The van der Waals surface area contributed by atoms with Crippen LogP contribution in [0.2, 0.25) is 0 Å². The molecule has 0 bridgehead atoms. The van der Waals surface area contributed by atoms with Crippen LogP contribution in [0.4, 0.5) is 0 Å². The number of aryl methyl sites for hydroxylation is 2. The minimum absolute atomic E-state index is 0.517. The number of hydrogen-bond acceptors (Lipinski definition) is 3. The van der Waals surface area contributed by atoms with Crippen molar-refractivity contribution in [2.45, 2.75) is 24.2 Å². The molecule has 2 aromatic rings. The quantitative estimate of drug-likeness (QED) is 0.469. The average molecular weight is 357 g/mol. The minimum Gasteiger partial charge on any atom is -0.286 e. The van der Waals surface area contributed by atoms with Gasteiger partial charge in [0, 0.05) is 24.3 Å². The zero-order valence-electron chi connectivity index (χ0n) is 14.5. The summed E-state index contributed by atoms with van der Waals surface area (Å²) in [6.07, 6.45) is 7.41. The number of hydroxylamine groups is 2. The largest absolute Gasteiger partial charge is 0.286 e. The Morgan fingerprint density at radius 2 is 1.80 bits per heavy atom. The van der Waals surface area contributed by atoms with E-state index in [1.807, 2.05) is 36.4 Å². The van der Waals surface area contributed by atoms with E-state index in [-0.39, 0.29) is 0 Å². The Morgan fingerprint density at radius 1 is 1.12 bits per heavy atom. The highest BCUT2D eigenvalue weighted by molar-refractivity contribution is 7.84. The molecule has 4 nitrogen and oxygen atoms in total. The predicted octanol–water partition coefficient (Wildman–Crippen LogP) is 3.46. The van der Waals surface area contributed by atoms with Crippen LogP contribution in [-0.2, 0) is 28.4 Å². The van der Waals surface area contributed by atoms with Crippen LogP contribution in [-0.4, -0.2) is 33.7 Å². The topological polar surface area (TPSA) is 57.6 Å². The third kappa shape index (κ3) is 5.96. The second-order valence-electron chi connectivity index (χ2n) is 5.86. The van der Waals surface area contributed by atoms with E-state index < -0.39 is 16.7 Å². The highest BCUT2D eigenvalue weighted by Crippen LogP contribution is 2.19. The van der Waals surface area contributed by atoms with E-state index in [0.29, 0.717) is 9.96 Å². The molecule has 0 radical (unpaired) electrons. The normalized spacial score (nSPS) is 12.3. The van der Waals surface area contributed by atoms with Crippen molar-refractivity contribution < 1.29 is 14.2 Å². The Kier molecular flexibility index (Phi) is 7.10. The summed E-state index contributed by atoms with van der Waals surface area (Å²) in [6.45, 7) is 0. The molecule has 25 heavy (non-hydrogen) atoms. The lowest BCUT2D eigenvalue weighted by atomic mass is 10.0. The minimum atomic E-state index is -1.15. The SMILES string of the molecule is CN(O)C(=O)/C=C/c1cc(CCCc2ccccc2)ccc1S(C)=O. The van der Waals surface area contributed by atoms with Gasteiger partial charge in [0.15, 0.2) is 0 Å². The van der Waals surface area contributed by atoms with Crippen molar-refractivity contribution in [3.8, 4) is 0 Å². The van der Waals surface area contributed by atoms with E-state index in [1.54, 1.807) is 12.3 Å². The number of nitrogens with zero attached hydrogens (tertiary/aromatic N) is 1. The molecule has 2 rings (SSSR count). The van der Waals surface area contributed by atoms with Gasteiger partial charge in [-0.15, -0.1) is 0 Å². The fourth-order valence-electron chi connectivity index (χ4n) is 2.56. The van der Waals surface area contributed by atoms with Crippen LogP contribution in [0.5, 0.6) is 0 Å². The van der Waals surface area contributed by atoms with Crippen molar-refractivity contribution in [2.24, 2.45) is 0 Å². The lowest BCUT2D eigenvalue weighted by Gasteiger charge is -2.08. The van der Waals surface area contributed by atoms with Gasteiger partial charge in [-0.2, -0.15) is 0 Å². The predicted molar refractivity (Wildman–Crippen MR) is 101 cm³/mol. The highest BCUT2D eigenvalue weighted by Gasteiger charge is 2.07. The van der Waals surface area contributed by atoms with E-state index >= 15 is 0 Å². The Hall–Kier alpha value is -2.24. The molecule has 0 saturated carbocycles. The summed E-state index contributed by atoms with van der Waals surface area (Å²) in [5.74, 6) is -0.526. The molecule has 0 saturated heterocycles. The Balaban J connectivity index is 2.10. The summed E-state index contributed by atoms with van der Waals surface area (Å²) >= 11 is 0. The number of rotatable bonds is 7. The number of likely N-dealkylation sites (N-methyl/N-ethyl adjacent to an activating group) is 1. The van der Waals surface area contributed by atoms with Crippen LogP contribution in [0.3, 0.4) is 0 Å². The molecule has 0 heterocycles. The van der Waals surface area contributed by atoms with Crippen LogP contribution in [0, 0.1) is 0 Å². The number of benzene rings is 2. The van der Waals surface area contributed by atoms with Crippen molar-refractivity contribution in [1.29, 1.82) is 0 Å². The van der Waals surface area contributed by atoms with E-state index in [9.17, 15) is 9.00 Å². The van der Waals surface area contributed by atoms with Crippen LogP contribution in [0.15, 0.2) is 59.5 Å². The maximum atomic E-state index is 11.9. The molecular weight excluding hydrogens is 334 g/mol. The van der Waals surface area contributed by atoms with Gasteiger partial charge in [-0.1, -0.05) is 42.5 Å². The maximum absolute atomic E-state index is 11.9. The fourth-order valence-corrected chi connectivity index (χ4v) is 3.27. The van der Waals surface area contributed by atoms with Crippen molar-refractivity contribution >= 4 is 22.8 Å². The first-order valence-electron chi connectivity index (χ1n) is 8.12. The molecule has 132 valence electrons. The van der Waals surface area contributed by atoms with E-state index in [0.717, 1.165) is 30.4 Å². The van der Waals surface area contributed by atoms with Gasteiger partial charge in [-0.25, -0.2) is 5.06 Å². The van der Waals surface area contributed by atoms with Gasteiger partial charge in [0.05, 0.1) is 10.8 Å². The molecule has 1 amide bonds. The third-order valence-electron chi connectivity index (χ3n) is 3.88. The van der Waals surface area contributed by atoms with Crippen LogP contribution < -0.4 is 0 Å². The van der Waals surface area contributed by atoms with Gasteiger partial charge in [-0.3, -0.25) is 14.2 Å². The lowest BCUT2D eigenvalue weighted by Crippen LogP contribution is -2.19. The Labute approximate surface area is 151 Å². The van der Waals surface area contributed by atoms with Gasteiger partial charge >= 0.3 is 0 Å². The summed E-state index contributed by atoms with van der Waals surface area (Å²) in [6, 6.07) is 16.1. The van der Waals surface area contributed by atoms with Crippen molar-refractivity contribution in [1.82, 2.24) is 5.06 Å². The maximum Gasteiger partial charge on any atom is 0.269 e. The van der Waals surface area contributed by atoms with Crippen molar-refractivity contribution in [3.05, 3.63) is 71.3 Å². The van der Waals surface area contributed by atoms with Crippen molar-refractivity contribution in [2.75, 3.05) is 13.3 Å². The number of carbonyl (C=O) groups is 1. The lowest BCUT2D eigenvalue weighted by molar-refractivity contribution is -0.153. The smallest absolute Gasteiger partial charge is 0.269 e. The number of hydrogen-bond donors (Lipinski definition) is 1. The molecule has 1 atom stereocenters. The molecule has 0 aliphatic heterocycles. The van der Waals surface area contributed by atoms with Gasteiger partial charge in [0.2, 0.25) is 0 Å². The molecule has 0 aromatic heterocycles. The first-order chi connectivity index (χ1) is 12.0. The molecule has 0 spiro atoms. The molecule has 1 N–H and O–H groups in total. The summed E-state index contributed by atoms with van der Waals surface area (Å²) in [4.78, 5) is 12.2. The Morgan fingerprint density at radius 3 is 2.44 bits per heavy atom. The molecule has 0 fully saturated rings. The fraction of sp³-hybridized carbons (Fsp3) is 0.250. The second-order valence-corrected chi connectivity index (χ2v) is 7.21. The standard InChI is InChI=1S/C20H23NO3S/c1-21(23)20(22)14-12-18-15-17(11-13-19(18)25(2)24)10-6-9-16-7-4-3-5-8-16/h3-5,7-8,11-15,23H,6,9-10H2,1-2H3/b14-12+. The first-order valence-corrected chi connectivity index (χ1v) is 9.68. The monoisotopic (exact) mass is 357 g/mol. The summed E-state index contributed by atoms with van der Waals surface area (Å²) in [7, 11) is 0.121. The zero-order valence-corrected chi connectivity index (χ0v) is 15.3. The highest BCUT2D eigenvalue weighted by atomic mass is 32.2. The zero-order chi connectivity index (χ0) is 18.2. The molecule has 5 heteroatoms. The summed E-state index contributed by atoms with van der Waals surface area (Å²) in [5.41, 5.74) is 3.19. The van der Waals surface area contributed by atoms with E-state index in [1.165, 1.54) is 18.7 Å². The van der Waals surface area contributed by atoms with Crippen LogP contribution in [0.1, 0.15) is 23.1 Å². The average Bonchev–Trinajstić information content (AvgIpc) is 2.60. The number of carbonyl (C=O) groups excluding carboxylic acids is 1. The van der Waals surface area contributed by atoms with Gasteiger partial charge in [0.1, 0.15) is 0 Å². The van der Waals surface area contributed by atoms with E-state index in [4.69, 9.17) is 5.21 Å². The molecule has 0 aliphatic rings. The Bertz CT molecular complexity index is 770.